The largest absolute Gasteiger partial charge is 0.379 e. The van der Waals surface area contributed by atoms with Gasteiger partial charge in [-0.2, -0.15) is 5.06 Å². The van der Waals surface area contributed by atoms with Crippen molar-refractivity contribution in [1.82, 2.24) is 14.7 Å². The van der Waals surface area contributed by atoms with E-state index in [1.807, 2.05) is 34.2 Å². The highest BCUT2D eigenvalue weighted by Gasteiger charge is 2.68. The zero-order chi connectivity index (χ0) is 21.7. The summed E-state index contributed by atoms with van der Waals surface area (Å²) in [7, 11) is 0. The van der Waals surface area contributed by atoms with E-state index in [4.69, 9.17) is 9.57 Å². The molecule has 1 aromatic rings. The van der Waals surface area contributed by atoms with Gasteiger partial charge in [-0.25, -0.2) is 4.84 Å². The van der Waals surface area contributed by atoms with Crippen LogP contribution in [0.2, 0.25) is 0 Å². The molecule has 4 unspecified atom stereocenters. The molecule has 5 heterocycles. The fourth-order valence-electron chi connectivity index (χ4n) is 6.05. The Morgan fingerprint density at radius 2 is 1.94 bits per heavy atom. The molecule has 0 bridgehead atoms. The predicted octanol–water partition coefficient (Wildman–Crippen LogP) is 1.22. The number of piperidine rings is 2. The molecule has 1 N–H and O–H groups in total. The maximum atomic E-state index is 13.9. The Kier molecular flexibility index (Phi) is 5.00. The van der Waals surface area contributed by atoms with Crippen molar-refractivity contribution in [3.05, 3.63) is 24.3 Å². The average molecular weight is 442 g/mol. The number of hydrogen-bond acceptors (Lipinski definition) is 7. The number of anilines is 2. The predicted molar refractivity (Wildman–Crippen MR) is 118 cm³/mol. The van der Waals surface area contributed by atoms with Crippen LogP contribution in [0.25, 0.3) is 0 Å². The summed E-state index contributed by atoms with van der Waals surface area (Å²) in [6, 6.07) is 7.89. The number of likely N-dealkylation sites (tertiary alicyclic amines) is 2. The van der Waals surface area contributed by atoms with Crippen LogP contribution in [-0.2, 0) is 19.2 Å². The lowest BCUT2D eigenvalue weighted by atomic mass is 9.92. The van der Waals surface area contributed by atoms with Gasteiger partial charge in [0.15, 0.2) is 0 Å². The number of nitrogens with zero attached hydrogens (tertiary/aromatic N) is 4. The number of hydroxylamine groups is 1. The van der Waals surface area contributed by atoms with Gasteiger partial charge in [0.25, 0.3) is 5.85 Å². The molecule has 0 radical (unpaired) electrons. The summed E-state index contributed by atoms with van der Waals surface area (Å²) in [4.78, 5) is 38.0. The minimum atomic E-state index is -0.677. The molecule has 172 valence electrons. The van der Waals surface area contributed by atoms with Crippen molar-refractivity contribution in [2.75, 3.05) is 49.8 Å². The summed E-state index contributed by atoms with van der Waals surface area (Å²) in [6.45, 7) is 4.59. The lowest BCUT2D eigenvalue weighted by Crippen LogP contribution is -2.62. The zero-order valence-electron chi connectivity index (χ0n) is 18.3. The molecule has 5 aliphatic rings. The van der Waals surface area contributed by atoms with E-state index in [9.17, 15) is 9.59 Å². The maximum absolute atomic E-state index is 13.9. The van der Waals surface area contributed by atoms with Gasteiger partial charge in [-0.15, -0.1) is 0 Å². The molecule has 2 amide bonds. The van der Waals surface area contributed by atoms with Gasteiger partial charge in [0.2, 0.25) is 12.3 Å². The highest BCUT2D eigenvalue weighted by atomic mass is 16.9. The van der Waals surface area contributed by atoms with Gasteiger partial charge < -0.3 is 19.9 Å². The van der Waals surface area contributed by atoms with Gasteiger partial charge in [0.05, 0.1) is 24.6 Å². The molecule has 0 saturated carbocycles. The molecular formula is C23H31N5O4. The van der Waals surface area contributed by atoms with E-state index in [1.54, 1.807) is 4.90 Å². The molecule has 4 atom stereocenters. The van der Waals surface area contributed by atoms with Gasteiger partial charge in [-0.05, 0) is 44.2 Å². The molecule has 0 aliphatic carbocycles. The molecule has 0 aromatic heterocycles. The van der Waals surface area contributed by atoms with Gasteiger partial charge in [-0.1, -0.05) is 12.1 Å². The normalized spacial score (nSPS) is 34.5. The fourth-order valence-corrected chi connectivity index (χ4v) is 6.05. The van der Waals surface area contributed by atoms with E-state index < -0.39 is 11.9 Å². The number of carbonyl (C=O) groups excluding carboxylic acids is 2. The summed E-state index contributed by atoms with van der Waals surface area (Å²) in [5.41, 5.74) is 2.06. The Balaban J connectivity index is 1.22. The van der Waals surface area contributed by atoms with Gasteiger partial charge >= 0.3 is 0 Å². The van der Waals surface area contributed by atoms with E-state index >= 15 is 0 Å². The van der Waals surface area contributed by atoms with Crippen molar-refractivity contribution in [2.24, 2.45) is 0 Å². The van der Waals surface area contributed by atoms with E-state index in [1.165, 1.54) is 0 Å². The summed E-state index contributed by atoms with van der Waals surface area (Å²) in [5.74, 6) is -0.619. The Bertz CT molecular complexity index is 893. The van der Waals surface area contributed by atoms with E-state index in [0.717, 1.165) is 69.8 Å². The summed E-state index contributed by atoms with van der Waals surface area (Å²) in [6.07, 6.45) is 5.37. The van der Waals surface area contributed by atoms with Gasteiger partial charge in [0, 0.05) is 32.2 Å². The molecule has 0 spiro atoms. The van der Waals surface area contributed by atoms with Crippen LogP contribution in [0.4, 0.5) is 11.4 Å². The van der Waals surface area contributed by atoms with Crippen molar-refractivity contribution in [3.63, 3.8) is 0 Å². The lowest BCUT2D eigenvalue weighted by molar-refractivity contribution is -0.148. The van der Waals surface area contributed by atoms with E-state index in [2.05, 4.69) is 10.2 Å². The first kappa shape index (κ1) is 20.3. The quantitative estimate of drug-likeness (QED) is 0.556. The third-order valence-electron chi connectivity index (χ3n) is 7.77. The van der Waals surface area contributed by atoms with Crippen molar-refractivity contribution in [2.45, 2.75) is 56.1 Å². The molecule has 4 fully saturated rings. The van der Waals surface area contributed by atoms with Crippen LogP contribution in [0.5, 0.6) is 0 Å². The second-order valence-electron chi connectivity index (χ2n) is 9.45. The number of para-hydroxylation sites is 2. The number of benzene rings is 1. The third kappa shape index (κ3) is 3.17. The number of nitrogens with one attached hydrogen (secondary N) is 1. The first-order chi connectivity index (χ1) is 15.7. The van der Waals surface area contributed by atoms with Crippen molar-refractivity contribution in [1.29, 1.82) is 0 Å². The SMILES string of the molecule is O=CN1CCC(N2CCOCC2)CC1C(=O)N1CCCCC1C12Nc3ccccc3N1O2. The zero-order valence-corrected chi connectivity index (χ0v) is 18.3. The van der Waals surface area contributed by atoms with Crippen molar-refractivity contribution < 1.29 is 19.2 Å². The molecule has 1 aromatic carbocycles. The molecule has 32 heavy (non-hydrogen) atoms. The smallest absolute Gasteiger partial charge is 0.286 e. The number of ether oxygens (including phenoxy) is 1. The first-order valence-corrected chi connectivity index (χ1v) is 11.9. The van der Waals surface area contributed by atoms with Crippen LogP contribution >= 0.6 is 0 Å². The van der Waals surface area contributed by atoms with Crippen molar-refractivity contribution in [3.8, 4) is 0 Å². The van der Waals surface area contributed by atoms with Gasteiger partial charge in [-0.3, -0.25) is 14.5 Å². The lowest BCUT2D eigenvalue weighted by Gasteiger charge is -2.45. The maximum Gasteiger partial charge on any atom is 0.286 e. The molecule has 5 aliphatic heterocycles. The van der Waals surface area contributed by atoms with Crippen LogP contribution in [0.15, 0.2) is 24.3 Å². The minimum Gasteiger partial charge on any atom is -0.379 e. The van der Waals surface area contributed by atoms with Crippen LogP contribution in [0.3, 0.4) is 0 Å². The Labute approximate surface area is 188 Å². The molecule has 9 heteroatoms. The Morgan fingerprint density at radius 3 is 2.75 bits per heavy atom. The molecule has 4 saturated heterocycles. The number of hydrogen-bond donors (Lipinski definition) is 1. The summed E-state index contributed by atoms with van der Waals surface area (Å²) < 4.78 is 5.51. The number of carbonyl (C=O) groups is 2. The summed E-state index contributed by atoms with van der Waals surface area (Å²) >= 11 is 0. The van der Waals surface area contributed by atoms with Gasteiger partial charge in [0.1, 0.15) is 12.1 Å². The topological polar surface area (TPSA) is 80.7 Å². The standard InChI is InChI=1S/C23H31N5O4/c29-16-26-10-8-17(25-11-13-31-14-12-25)15-20(26)22(30)27-9-4-3-7-21(27)23-24-18-5-1-2-6-19(18)28(23)32-23/h1-2,5-6,16-17,20-21,24H,3-4,7-15H2. The van der Waals surface area contributed by atoms with Crippen molar-refractivity contribution >= 4 is 23.7 Å². The minimum absolute atomic E-state index is 0.0577. The average Bonchev–Trinajstić information content (AvgIpc) is 3.50. The van der Waals surface area contributed by atoms with E-state index in [0.29, 0.717) is 25.6 Å². The van der Waals surface area contributed by atoms with Crippen LogP contribution in [-0.4, -0.2) is 90.4 Å². The highest BCUT2D eigenvalue weighted by Crippen LogP contribution is 2.55. The molecule has 9 nitrogen and oxygen atoms in total. The third-order valence-corrected chi connectivity index (χ3v) is 7.77. The second-order valence-corrected chi connectivity index (χ2v) is 9.45. The highest BCUT2D eigenvalue weighted by molar-refractivity contribution is 5.86. The number of rotatable bonds is 4. The number of fused-ring (bicyclic) bond motifs is 3. The van der Waals surface area contributed by atoms with Crippen LogP contribution < -0.4 is 10.4 Å². The monoisotopic (exact) mass is 441 g/mol. The molecule has 6 rings (SSSR count). The Hall–Kier alpha value is -2.36. The fraction of sp³-hybridized carbons (Fsp3) is 0.652. The first-order valence-electron chi connectivity index (χ1n) is 11.9. The number of morpholine rings is 1. The number of amides is 2. The van der Waals surface area contributed by atoms with Crippen LogP contribution in [0, 0.1) is 0 Å². The Morgan fingerprint density at radius 1 is 1.09 bits per heavy atom. The van der Waals surface area contributed by atoms with E-state index in [-0.39, 0.29) is 11.9 Å². The summed E-state index contributed by atoms with van der Waals surface area (Å²) in [5, 5.41) is 5.44. The molecular weight excluding hydrogens is 410 g/mol. The second kappa shape index (κ2) is 7.90. The van der Waals surface area contributed by atoms with Crippen LogP contribution in [0.1, 0.15) is 32.1 Å².